The molecule has 0 aliphatic heterocycles. The van der Waals surface area contributed by atoms with Gasteiger partial charge in [-0.2, -0.15) is 0 Å². The van der Waals surface area contributed by atoms with E-state index in [4.69, 9.17) is 0 Å². The van der Waals surface area contributed by atoms with E-state index in [2.05, 4.69) is 20.8 Å². The monoisotopic (exact) mass is 203 g/mol. The van der Waals surface area contributed by atoms with Gasteiger partial charge in [-0.25, -0.2) is 0 Å². The lowest BCUT2D eigenvalue weighted by Crippen LogP contribution is -1.99. The van der Waals surface area contributed by atoms with E-state index in [9.17, 15) is 0 Å². The average Bonchev–Trinajstić information content (AvgIpc) is 2.57. The molecule has 2 rings (SSSR count). The van der Waals surface area contributed by atoms with Crippen molar-refractivity contribution in [3.8, 4) is 0 Å². The fourth-order valence-electron chi connectivity index (χ4n) is 2.48. The van der Waals surface area contributed by atoms with Crippen molar-refractivity contribution < 1.29 is 0 Å². The van der Waals surface area contributed by atoms with Crippen LogP contribution < -0.4 is 6.15 Å². The Labute approximate surface area is 88.0 Å². The van der Waals surface area contributed by atoms with Crippen molar-refractivity contribution in [3.05, 3.63) is 11.1 Å². The molecule has 0 aromatic heterocycles. The first-order chi connectivity index (χ1) is 5.18. The molecular formula is C11H22ClN. The molecule has 78 valence electrons. The molecule has 2 fully saturated rings. The van der Waals surface area contributed by atoms with Gasteiger partial charge in [0.25, 0.3) is 0 Å². The Morgan fingerprint density at radius 1 is 0.923 bits per heavy atom. The van der Waals surface area contributed by atoms with Gasteiger partial charge in [-0.3, -0.25) is 0 Å². The van der Waals surface area contributed by atoms with Gasteiger partial charge in [-0.05, 0) is 57.8 Å². The molecule has 13 heavy (non-hydrogen) atoms. The first-order valence-corrected chi connectivity index (χ1v) is 4.82. The van der Waals surface area contributed by atoms with Crippen LogP contribution in [-0.2, 0) is 0 Å². The highest BCUT2D eigenvalue weighted by Crippen LogP contribution is 2.56. The molecule has 2 saturated carbocycles. The summed E-state index contributed by atoms with van der Waals surface area (Å²) in [6.45, 7) is 6.82. The smallest absolute Gasteiger partial charge is 0.0198 e. The minimum Gasteiger partial charge on any atom is -0.344 e. The molecular weight excluding hydrogens is 182 g/mol. The van der Waals surface area contributed by atoms with Crippen molar-refractivity contribution in [2.75, 3.05) is 0 Å². The van der Waals surface area contributed by atoms with E-state index in [0.29, 0.717) is 0 Å². The summed E-state index contributed by atoms with van der Waals surface area (Å²) in [7, 11) is 0. The zero-order chi connectivity index (χ0) is 8.01. The molecule has 0 spiro atoms. The second-order valence-electron chi connectivity index (χ2n) is 4.61. The summed E-state index contributed by atoms with van der Waals surface area (Å²) in [4.78, 5) is 0. The van der Waals surface area contributed by atoms with Crippen LogP contribution in [0.5, 0.6) is 0 Å². The van der Waals surface area contributed by atoms with E-state index in [-0.39, 0.29) is 18.6 Å². The number of allylic oxidation sites excluding steroid dienone is 2. The van der Waals surface area contributed by atoms with E-state index in [1.165, 1.54) is 12.8 Å². The average molecular weight is 204 g/mol. The van der Waals surface area contributed by atoms with Gasteiger partial charge >= 0.3 is 0 Å². The third-order valence-corrected chi connectivity index (χ3v) is 3.64. The molecule has 2 heteroatoms. The molecule has 2 aliphatic rings. The van der Waals surface area contributed by atoms with Gasteiger partial charge in [0.1, 0.15) is 0 Å². The summed E-state index contributed by atoms with van der Waals surface area (Å²) in [6, 6.07) is 0. The van der Waals surface area contributed by atoms with E-state index in [0.717, 1.165) is 17.8 Å². The van der Waals surface area contributed by atoms with Crippen LogP contribution in [0.4, 0.5) is 0 Å². The first-order valence-electron chi connectivity index (χ1n) is 4.82. The van der Waals surface area contributed by atoms with E-state index < -0.39 is 0 Å². The van der Waals surface area contributed by atoms with Crippen LogP contribution >= 0.6 is 12.4 Å². The summed E-state index contributed by atoms with van der Waals surface area (Å²) in [6.07, 6.45) is 4.55. The number of hydrogen-bond acceptors (Lipinski definition) is 1. The SMILES string of the molecule is CC(C)=C(C)C1CC2CC2C1.Cl.N. The highest BCUT2D eigenvalue weighted by atomic mass is 35.5. The second-order valence-corrected chi connectivity index (χ2v) is 4.61. The van der Waals surface area contributed by atoms with Crippen LogP contribution in [-0.4, -0.2) is 0 Å². The van der Waals surface area contributed by atoms with Crippen LogP contribution in [0.1, 0.15) is 40.0 Å². The van der Waals surface area contributed by atoms with E-state index in [1.807, 2.05) is 0 Å². The zero-order valence-corrected chi connectivity index (χ0v) is 9.79. The van der Waals surface area contributed by atoms with Gasteiger partial charge in [0.2, 0.25) is 0 Å². The molecule has 0 radical (unpaired) electrons. The standard InChI is InChI=1S/C11H18.ClH.H3N/c1-7(2)8(3)9-4-10-6-11(10)5-9;;/h9-11H,4-6H2,1-3H3;1H;1H3. The lowest BCUT2D eigenvalue weighted by molar-refractivity contribution is 0.556. The van der Waals surface area contributed by atoms with Gasteiger partial charge in [-0.15, -0.1) is 12.4 Å². The minimum atomic E-state index is 0. The van der Waals surface area contributed by atoms with E-state index >= 15 is 0 Å². The predicted octanol–water partition coefficient (Wildman–Crippen LogP) is 3.97. The maximum Gasteiger partial charge on any atom is -0.0198 e. The number of rotatable bonds is 1. The van der Waals surface area contributed by atoms with Crippen molar-refractivity contribution in [1.82, 2.24) is 6.15 Å². The van der Waals surface area contributed by atoms with Crippen LogP contribution in [0, 0.1) is 17.8 Å². The highest BCUT2D eigenvalue weighted by Gasteiger charge is 2.45. The summed E-state index contributed by atoms with van der Waals surface area (Å²) >= 11 is 0. The summed E-state index contributed by atoms with van der Waals surface area (Å²) in [5.41, 5.74) is 3.23. The molecule has 3 N–H and O–H groups in total. The quantitative estimate of drug-likeness (QED) is 0.643. The maximum atomic E-state index is 2.32. The molecule has 2 aliphatic carbocycles. The van der Waals surface area contributed by atoms with Crippen molar-refractivity contribution >= 4 is 12.4 Å². The largest absolute Gasteiger partial charge is 0.344 e. The Morgan fingerprint density at radius 2 is 1.38 bits per heavy atom. The summed E-state index contributed by atoms with van der Waals surface area (Å²) < 4.78 is 0. The van der Waals surface area contributed by atoms with E-state index in [1.54, 1.807) is 17.6 Å². The first kappa shape index (κ1) is 13.0. The van der Waals surface area contributed by atoms with Gasteiger partial charge in [0, 0.05) is 0 Å². The second kappa shape index (κ2) is 4.47. The van der Waals surface area contributed by atoms with Gasteiger partial charge in [0.15, 0.2) is 0 Å². The lowest BCUT2D eigenvalue weighted by atomic mass is 9.92. The molecule has 1 nitrogen and oxygen atoms in total. The van der Waals surface area contributed by atoms with Crippen molar-refractivity contribution in [2.24, 2.45) is 17.8 Å². The fourth-order valence-corrected chi connectivity index (χ4v) is 2.48. The van der Waals surface area contributed by atoms with Gasteiger partial charge < -0.3 is 6.15 Å². The molecule has 0 amide bonds. The third-order valence-electron chi connectivity index (χ3n) is 3.64. The molecule has 0 aromatic rings. The Hall–Kier alpha value is -0.0100. The minimum absolute atomic E-state index is 0. The Balaban J connectivity index is 0.000000720. The number of hydrogen-bond donors (Lipinski definition) is 1. The molecule has 0 bridgehead atoms. The fraction of sp³-hybridized carbons (Fsp3) is 0.818. The number of fused-ring (bicyclic) bond motifs is 1. The van der Waals surface area contributed by atoms with Crippen molar-refractivity contribution in [1.29, 1.82) is 0 Å². The Morgan fingerprint density at radius 3 is 1.77 bits per heavy atom. The van der Waals surface area contributed by atoms with Crippen LogP contribution in [0.25, 0.3) is 0 Å². The Kier molecular flexibility index (Phi) is 4.47. The molecule has 2 unspecified atom stereocenters. The topological polar surface area (TPSA) is 35.0 Å². The van der Waals surface area contributed by atoms with Crippen molar-refractivity contribution in [2.45, 2.75) is 40.0 Å². The van der Waals surface area contributed by atoms with Gasteiger partial charge in [0.05, 0.1) is 0 Å². The molecule has 2 atom stereocenters. The maximum absolute atomic E-state index is 2.32. The lowest BCUT2D eigenvalue weighted by Gasteiger charge is -2.13. The third kappa shape index (κ3) is 2.47. The normalized spacial score (nSPS) is 33.9. The zero-order valence-electron chi connectivity index (χ0n) is 8.97. The van der Waals surface area contributed by atoms with Crippen LogP contribution in [0.2, 0.25) is 0 Å². The number of halogens is 1. The molecule has 0 heterocycles. The van der Waals surface area contributed by atoms with Crippen LogP contribution in [0.15, 0.2) is 11.1 Å². The van der Waals surface area contributed by atoms with Crippen molar-refractivity contribution in [3.63, 3.8) is 0 Å². The summed E-state index contributed by atoms with van der Waals surface area (Å²) in [5.74, 6) is 3.23. The predicted molar refractivity (Wildman–Crippen MR) is 60.6 cm³/mol. The van der Waals surface area contributed by atoms with Crippen LogP contribution in [0.3, 0.4) is 0 Å². The summed E-state index contributed by atoms with van der Waals surface area (Å²) in [5, 5.41) is 0. The highest BCUT2D eigenvalue weighted by molar-refractivity contribution is 5.85. The Bertz CT molecular complexity index is 196. The molecule has 0 aromatic carbocycles. The molecule has 0 saturated heterocycles. The van der Waals surface area contributed by atoms with Gasteiger partial charge in [-0.1, -0.05) is 11.1 Å².